The van der Waals surface area contributed by atoms with Gasteiger partial charge in [-0.15, -0.1) is 0 Å². The third kappa shape index (κ3) is 2.71. The highest BCUT2D eigenvalue weighted by Crippen LogP contribution is 2.40. The Hall–Kier alpha value is -1.94. The monoisotopic (exact) mass is 355 g/mol. The number of hydrogen-bond acceptors (Lipinski definition) is 2. The molecule has 4 heteroatoms. The minimum atomic E-state index is 0.545. The summed E-state index contributed by atoms with van der Waals surface area (Å²) in [6, 6.07) is 6.89. The fourth-order valence-electron chi connectivity index (χ4n) is 5.41. The number of rotatable bonds is 4. The van der Waals surface area contributed by atoms with Gasteiger partial charge in [-0.25, -0.2) is 0 Å². The van der Waals surface area contributed by atoms with Crippen LogP contribution in [-0.4, -0.2) is 32.3 Å². The molecule has 140 valence electrons. The van der Waals surface area contributed by atoms with Crippen molar-refractivity contribution in [3.63, 3.8) is 0 Å². The molecular weight excluding hydrogens is 324 g/mol. The van der Waals surface area contributed by atoms with E-state index in [-0.39, 0.29) is 0 Å². The first kappa shape index (κ1) is 17.5. The minimum absolute atomic E-state index is 0.545. The molecule has 0 saturated carbocycles. The van der Waals surface area contributed by atoms with Crippen LogP contribution in [0.25, 0.3) is 10.9 Å². The first-order valence-electron chi connectivity index (χ1n) is 9.89. The second-order valence-corrected chi connectivity index (χ2v) is 7.92. The molecule has 1 unspecified atom stereocenters. The van der Waals surface area contributed by atoms with Crippen LogP contribution in [0.3, 0.4) is 0 Å². The number of benzene rings is 1. The van der Waals surface area contributed by atoms with Gasteiger partial charge in [0.1, 0.15) is 11.8 Å². The van der Waals surface area contributed by atoms with E-state index in [4.69, 9.17) is 9.47 Å². The Morgan fingerprint density at radius 2 is 2.19 bits per heavy atom. The number of quaternary nitrogens is 1. The summed E-state index contributed by atoms with van der Waals surface area (Å²) in [5.74, 6) is 2.35. The molecule has 4 rings (SSSR count). The SMILES string of the molecule is CC[C@@H]1C[NH+]2CCc3c([nH]c4cccc(OC)c34)[C@@H]2C[C@@H]1/C(C)=C\OC. The number of methoxy groups -OCH3 is 2. The summed E-state index contributed by atoms with van der Waals surface area (Å²) in [5, 5.41) is 1.29. The van der Waals surface area contributed by atoms with E-state index in [1.807, 2.05) is 6.26 Å². The zero-order valence-corrected chi connectivity index (χ0v) is 16.4. The summed E-state index contributed by atoms with van der Waals surface area (Å²) in [7, 11) is 3.53. The van der Waals surface area contributed by atoms with Crippen LogP contribution in [0.1, 0.15) is 44.0 Å². The van der Waals surface area contributed by atoms with Crippen LogP contribution in [-0.2, 0) is 11.2 Å². The number of ether oxygens (including phenoxy) is 2. The molecule has 0 radical (unpaired) electrons. The largest absolute Gasteiger partial charge is 0.504 e. The first-order chi connectivity index (χ1) is 12.7. The Labute approximate surface area is 156 Å². The van der Waals surface area contributed by atoms with Gasteiger partial charge in [0.2, 0.25) is 0 Å². The van der Waals surface area contributed by atoms with Crippen molar-refractivity contribution >= 4 is 10.9 Å². The van der Waals surface area contributed by atoms with Gasteiger partial charge in [0, 0.05) is 29.7 Å². The smallest absolute Gasteiger partial charge is 0.129 e. The quantitative estimate of drug-likeness (QED) is 0.827. The fourth-order valence-corrected chi connectivity index (χ4v) is 5.41. The molecule has 4 nitrogen and oxygen atoms in total. The molecule has 2 aliphatic heterocycles. The van der Waals surface area contributed by atoms with Gasteiger partial charge in [-0.2, -0.15) is 0 Å². The molecule has 1 fully saturated rings. The third-order valence-electron chi connectivity index (χ3n) is 6.68. The predicted molar refractivity (Wildman–Crippen MR) is 105 cm³/mol. The maximum atomic E-state index is 5.66. The van der Waals surface area contributed by atoms with Crippen LogP contribution in [0.4, 0.5) is 0 Å². The number of aromatic amines is 1. The third-order valence-corrected chi connectivity index (χ3v) is 6.68. The number of H-pyrrole nitrogens is 1. The van der Waals surface area contributed by atoms with Crippen molar-refractivity contribution in [1.82, 2.24) is 4.98 Å². The van der Waals surface area contributed by atoms with Gasteiger partial charge in [0.05, 0.1) is 39.3 Å². The summed E-state index contributed by atoms with van der Waals surface area (Å²) in [6.07, 6.45) is 5.52. The van der Waals surface area contributed by atoms with Crippen molar-refractivity contribution < 1.29 is 14.4 Å². The van der Waals surface area contributed by atoms with Crippen molar-refractivity contribution in [2.45, 2.75) is 39.2 Å². The Kier molecular flexibility index (Phi) is 4.70. The highest BCUT2D eigenvalue weighted by molar-refractivity contribution is 5.90. The van der Waals surface area contributed by atoms with Crippen LogP contribution in [0, 0.1) is 11.8 Å². The number of piperidine rings is 1. The Morgan fingerprint density at radius 1 is 1.35 bits per heavy atom. The van der Waals surface area contributed by atoms with Crippen LogP contribution in [0.2, 0.25) is 0 Å². The highest BCUT2D eigenvalue weighted by atomic mass is 16.5. The van der Waals surface area contributed by atoms with Crippen molar-refractivity contribution in [3.05, 3.63) is 41.3 Å². The molecule has 0 bridgehead atoms. The van der Waals surface area contributed by atoms with Crippen LogP contribution in [0.15, 0.2) is 30.0 Å². The molecule has 3 heterocycles. The average molecular weight is 356 g/mol. The molecule has 4 atom stereocenters. The molecule has 26 heavy (non-hydrogen) atoms. The number of allylic oxidation sites excluding steroid dienone is 1. The molecular formula is C22H31N2O2+. The lowest BCUT2D eigenvalue weighted by Crippen LogP contribution is -3.15. The molecule has 0 spiro atoms. The second kappa shape index (κ2) is 6.99. The topological polar surface area (TPSA) is 38.7 Å². The lowest BCUT2D eigenvalue weighted by atomic mass is 9.74. The summed E-state index contributed by atoms with van der Waals surface area (Å²) in [5.41, 5.74) is 5.52. The first-order valence-corrected chi connectivity index (χ1v) is 9.89. The summed E-state index contributed by atoms with van der Waals surface area (Å²) in [4.78, 5) is 5.51. The zero-order valence-electron chi connectivity index (χ0n) is 16.4. The van der Waals surface area contributed by atoms with Crippen LogP contribution < -0.4 is 9.64 Å². The highest BCUT2D eigenvalue weighted by Gasteiger charge is 2.43. The minimum Gasteiger partial charge on any atom is -0.504 e. The van der Waals surface area contributed by atoms with E-state index in [1.54, 1.807) is 19.1 Å². The molecule has 0 amide bonds. The number of fused-ring (bicyclic) bond motifs is 5. The standard InChI is InChI=1S/C22H30N2O2/c1-5-15-12-24-10-9-16-21-18(7-6-8-20(21)26-4)23-22(16)19(24)11-17(15)14(2)13-25-3/h6-8,13,15,17,19,23H,5,9-12H2,1-4H3/p+1/b14-13-/t15-,17-,19+/m1/s1. The Balaban J connectivity index is 1.75. The lowest BCUT2D eigenvalue weighted by molar-refractivity contribution is -0.944. The van der Waals surface area contributed by atoms with E-state index < -0.39 is 0 Å². The van der Waals surface area contributed by atoms with Gasteiger partial charge in [-0.05, 0) is 42.5 Å². The lowest BCUT2D eigenvalue weighted by Gasteiger charge is -2.43. The van der Waals surface area contributed by atoms with E-state index in [2.05, 4.69) is 37.0 Å². The maximum absolute atomic E-state index is 5.66. The summed E-state index contributed by atoms with van der Waals surface area (Å²) < 4.78 is 11.0. The molecule has 1 saturated heterocycles. The van der Waals surface area contributed by atoms with Gasteiger partial charge in [0.25, 0.3) is 0 Å². The van der Waals surface area contributed by atoms with Crippen LogP contribution >= 0.6 is 0 Å². The van der Waals surface area contributed by atoms with E-state index >= 15 is 0 Å². The normalized spacial score (nSPS) is 28.5. The van der Waals surface area contributed by atoms with Crippen molar-refractivity contribution in [3.8, 4) is 5.75 Å². The molecule has 0 aliphatic carbocycles. The summed E-state index contributed by atoms with van der Waals surface area (Å²) in [6.45, 7) is 7.05. The second-order valence-electron chi connectivity index (χ2n) is 7.92. The average Bonchev–Trinajstić information content (AvgIpc) is 3.06. The van der Waals surface area contributed by atoms with Crippen molar-refractivity contribution in [2.24, 2.45) is 11.8 Å². The van der Waals surface area contributed by atoms with E-state index in [0.717, 1.165) is 18.1 Å². The number of nitrogens with one attached hydrogen (secondary N) is 2. The van der Waals surface area contributed by atoms with Crippen molar-refractivity contribution in [2.75, 3.05) is 27.3 Å². The Bertz CT molecular complexity index is 823. The van der Waals surface area contributed by atoms with Gasteiger partial charge >= 0.3 is 0 Å². The van der Waals surface area contributed by atoms with Crippen LogP contribution in [0.5, 0.6) is 5.75 Å². The fraction of sp³-hybridized carbons (Fsp3) is 0.545. The molecule has 2 N–H and O–H groups in total. The van der Waals surface area contributed by atoms with E-state index in [0.29, 0.717) is 12.0 Å². The van der Waals surface area contributed by atoms with E-state index in [1.165, 1.54) is 53.7 Å². The Morgan fingerprint density at radius 3 is 2.92 bits per heavy atom. The number of hydrogen-bond donors (Lipinski definition) is 2. The molecule has 1 aromatic carbocycles. The molecule has 2 aliphatic rings. The molecule has 1 aromatic heterocycles. The molecule has 2 aromatic rings. The van der Waals surface area contributed by atoms with Gasteiger partial charge in [-0.1, -0.05) is 13.0 Å². The van der Waals surface area contributed by atoms with Gasteiger partial charge < -0.3 is 19.4 Å². The van der Waals surface area contributed by atoms with Crippen molar-refractivity contribution in [1.29, 1.82) is 0 Å². The number of aromatic nitrogens is 1. The zero-order chi connectivity index (χ0) is 18.3. The predicted octanol–water partition coefficient (Wildman–Crippen LogP) is 3.25. The van der Waals surface area contributed by atoms with Gasteiger partial charge in [0.15, 0.2) is 0 Å². The maximum Gasteiger partial charge on any atom is 0.129 e. The van der Waals surface area contributed by atoms with E-state index in [9.17, 15) is 0 Å². The summed E-state index contributed by atoms with van der Waals surface area (Å²) >= 11 is 0. The van der Waals surface area contributed by atoms with Gasteiger partial charge in [-0.3, -0.25) is 0 Å².